The number of rotatable bonds is 4. The zero-order valence-corrected chi connectivity index (χ0v) is 15.2. The summed E-state index contributed by atoms with van der Waals surface area (Å²) in [4.78, 5) is 21.3. The molecular weight excluding hydrogens is 366 g/mol. The standard InChI is InChI=1S/C18H17N5O3S/c19-11-14-17(26-16(21-14)15-4-1-9-25-15)22-5-7-23(8-6-22)18(24)20-12-13-3-2-10-27-13/h1-4,9-10H,5-8,12H2,(H,20,24). The zero-order valence-electron chi connectivity index (χ0n) is 14.4. The summed E-state index contributed by atoms with van der Waals surface area (Å²) in [5, 5.41) is 14.3. The number of nitriles is 1. The Morgan fingerprint density at radius 3 is 2.81 bits per heavy atom. The highest BCUT2D eigenvalue weighted by molar-refractivity contribution is 7.09. The Labute approximate surface area is 159 Å². The second kappa shape index (κ2) is 7.55. The van der Waals surface area contributed by atoms with E-state index >= 15 is 0 Å². The van der Waals surface area contributed by atoms with Crippen molar-refractivity contribution in [3.63, 3.8) is 0 Å². The van der Waals surface area contributed by atoms with Crippen molar-refractivity contribution >= 4 is 23.3 Å². The van der Waals surface area contributed by atoms with Crippen LogP contribution < -0.4 is 10.2 Å². The number of nitrogens with one attached hydrogen (secondary N) is 1. The number of amides is 2. The lowest BCUT2D eigenvalue weighted by molar-refractivity contribution is 0.193. The highest BCUT2D eigenvalue weighted by atomic mass is 32.1. The number of urea groups is 1. The maximum atomic E-state index is 12.3. The van der Waals surface area contributed by atoms with E-state index in [0.717, 1.165) is 4.88 Å². The molecule has 9 heteroatoms. The van der Waals surface area contributed by atoms with Crippen molar-refractivity contribution in [2.75, 3.05) is 31.1 Å². The van der Waals surface area contributed by atoms with Crippen LogP contribution in [0.15, 0.2) is 44.7 Å². The lowest BCUT2D eigenvalue weighted by Gasteiger charge is -2.34. The van der Waals surface area contributed by atoms with Crippen LogP contribution in [0.1, 0.15) is 10.6 Å². The van der Waals surface area contributed by atoms with Gasteiger partial charge in [-0.05, 0) is 23.6 Å². The summed E-state index contributed by atoms with van der Waals surface area (Å²) < 4.78 is 11.0. The number of oxazole rings is 1. The number of thiophene rings is 1. The first-order valence-corrected chi connectivity index (χ1v) is 9.37. The Morgan fingerprint density at radius 2 is 2.15 bits per heavy atom. The van der Waals surface area contributed by atoms with Crippen molar-refractivity contribution in [3.8, 4) is 17.7 Å². The van der Waals surface area contributed by atoms with E-state index in [-0.39, 0.29) is 17.6 Å². The third-order valence-electron chi connectivity index (χ3n) is 4.30. The van der Waals surface area contributed by atoms with Crippen LogP contribution in [-0.4, -0.2) is 42.1 Å². The van der Waals surface area contributed by atoms with E-state index in [9.17, 15) is 10.1 Å². The van der Waals surface area contributed by atoms with Crippen molar-refractivity contribution in [1.82, 2.24) is 15.2 Å². The molecule has 27 heavy (non-hydrogen) atoms. The van der Waals surface area contributed by atoms with Crippen LogP contribution in [0, 0.1) is 11.3 Å². The average Bonchev–Trinajstić information content (AvgIpc) is 3.47. The zero-order chi connectivity index (χ0) is 18.6. The average molecular weight is 383 g/mol. The molecule has 4 rings (SSSR count). The van der Waals surface area contributed by atoms with E-state index in [1.54, 1.807) is 28.4 Å². The number of anilines is 1. The number of furan rings is 1. The van der Waals surface area contributed by atoms with E-state index in [1.165, 1.54) is 6.26 Å². The van der Waals surface area contributed by atoms with Gasteiger partial charge in [0.15, 0.2) is 5.76 Å². The van der Waals surface area contributed by atoms with Gasteiger partial charge in [-0.1, -0.05) is 6.07 Å². The smallest absolute Gasteiger partial charge is 0.317 e. The van der Waals surface area contributed by atoms with Crippen LogP contribution in [0.25, 0.3) is 11.7 Å². The van der Waals surface area contributed by atoms with Gasteiger partial charge in [0, 0.05) is 31.1 Å². The number of hydrogen-bond acceptors (Lipinski definition) is 7. The Morgan fingerprint density at radius 1 is 1.30 bits per heavy atom. The Bertz CT molecular complexity index is 934. The molecule has 3 aromatic heterocycles. The molecule has 1 aliphatic rings. The van der Waals surface area contributed by atoms with Crippen molar-refractivity contribution in [3.05, 3.63) is 46.5 Å². The van der Waals surface area contributed by atoms with Gasteiger partial charge in [0.05, 0.1) is 12.8 Å². The molecule has 2 amide bonds. The normalized spacial score (nSPS) is 14.2. The minimum atomic E-state index is -0.0857. The number of carbonyl (C=O) groups excluding carboxylic acids is 1. The van der Waals surface area contributed by atoms with Gasteiger partial charge in [0.1, 0.15) is 6.07 Å². The highest BCUT2D eigenvalue weighted by Gasteiger charge is 2.27. The van der Waals surface area contributed by atoms with E-state index in [1.807, 2.05) is 22.4 Å². The molecule has 0 spiro atoms. The molecule has 0 radical (unpaired) electrons. The van der Waals surface area contributed by atoms with Crippen molar-refractivity contribution < 1.29 is 13.6 Å². The van der Waals surface area contributed by atoms with Crippen molar-refractivity contribution in [2.24, 2.45) is 0 Å². The lowest BCUT2D eigenvalue weighted by Crippen LogP contribution is -2.51. The van der Waals surface area contributed by atoms with Crippen LogP contribution in [0.2, 0.25) is 0 Å². The quantitative estimate of drug-likeness (QED) is 0.744. The fourth-order valence-electron chi connectivity index (χ4n) is 2.91. The van der Waals surface area contributed by atoms with Gasteiger partial charge < -0.3 is 24.0 Å². The molecule has 4 heterocycles. The van der Waals surface area contributed by atoms with E-state index in [4.69, 9.17) is 8.83 Å². The van der Waals surface area contributed by atoms with Crippen LogP contribution in [-0.2, 0) is 6.54 Å². The molecule has 0 atom stereocenters. The van der Waals surface area contributed by atoms with Crippen LogP contribution in [0.5, 0.6) is 0 Å². The molecule has 0 aliphatic carbocycles. The molecule has 8 nitrogen and oxygen atoms in total. The maximum absolute atomic E-state index is 12.3. The maximum Gasteiger partial charge on any atom is 0.317 e. The molecule has 0 aromatic carbocycles. The number of nitrogens with zero attached hydrogens (tertiary/aromatic N) is 4. The van der Waals surface area contributed by atoms with Crippen molar-refractivity contribution in [1.29, 1.82) is 5.26 Å². The summed E-state index contributed by atoms with van der Waals surface area (Å²) in [7, 11) is 0. The number of piperazine rings is 1. The van der Waals surface area contributed by atoms with Gasteiger partial charge in [-0.15, -0.1) is 11.3 Å². The predicted molar refractivity (Wildman–Crippen MR) is 99.3 cm³/mol. The first-order valence-electron chi connectivity index (χ1n) is 8.49. The summed E-state index contributed by atoms with van der Waals surface area (Å²) in [5.41, 5.74) is 0.219. The van der Waals surface area contributed by atoms with Gasteiger partial charge in [-0.3, -0.25) is 0 Å². The number of carbonyl (C=O) groups is 1. The minimum absolute atomic E-state index is 0.0857. The lowest BCUT2D eigenvalue weighted by atomic mass is 10.3. The summed E-state index contributed by atoms with van der Waals surface area (Å²) in [5.74, 6) is 1.18. The summed E-state index contributed by atoms with van der Waals surface area (Å²) in [6.07, 6.45) is 1.53. The molecule has 0 unspecified atom stereocenters. The van der Waals surface area contributed by atoms with Gasteiger partial charge in [-0.25, -0.2) is 4.79 Å². The molecule has 1 N–H and O–H groups in total. The fourth-order valence-corrected chi connectivity index (χ4v) is 3.55. The molecule has 1 saturated heterocycles. The van der Waals surface area contributed by atoms with Crippen molar-refractivity contribution in [2.45, 2.75) is 6.54 Å². The Kier molecular flexibility index (Phi) is 4.80. The molecular formula is C18H17N5O3S. The highest BCUT2D eigenvalue weighted by Crippen LogP contribution is 2.29. The number of aromatic nitrogens is 1. The van der Waals surface area contributed by atoms with E-state index < -0.39 is 0 Å². The summed E-state index contributed by atoms with van der Waals surface area (Å²) in [6.45, 7) is 2.74. The monoisotopic (exact) mass is 383 g/mol. The molecule has 0 bridgehead atoms. The second-order valence-corrected chi connectivity index (χ2v) is 7.01. The van der Waals surface area contributed by atoms with Gasteiger partial charge in [0.25, 0.3) is 5.89 Å². The molecule has 0 saturated carbocycles. The van der Waals surface area contributed by atoms with E-state index in [0.29, 0.717) is 44.4 Å². The van der Waals surface area contributed by atoms with E-state index in [2.05, 4.69) is 16.4 Å². The summed E-state index contributed by atoms with van der Waals surface area (Å²) >= 11 is 1.62. The molecule has 1 fully saturated rings. The van der Waals surface area contributed by atoms with Gasteiger partial charge in [-0.2, -0.15) is 10.2 Å². The Balaban J connectivity index is 1.38. The first kappa shape index (κ1) is 17.2. The van der Waals surface area contributed by atoms with Crippen LogP contribution in [0.3, 0.4) is 0 Å². The summed E-state index contributed by atoms with van der Waals surface area (Å²) in [6, 6.07) is 9.40. The molecule has 1 aliphatic heterocycles. The third kappa shape index (κ3) is 3.66. The molecule has 138 valence electrons. The van der Waals surface area contributed by atoms with Crippen LogP contribution >= 0.6 is 11.3 Å². The third-order valence-corrected chi connectivity index (χ3v) is 5.17. The van der Waals surface area contributed by atoms with Crippen LogP contribution in [0.4, 0.5) is 10.7 Å². The first-order chi connectivity index (χ1) is 13.2. The number of hydrogen-bond donors (Lipinski definition) is 1. The molecule has 3 aromatic rings. The predicted octanol–water partition coefficient (Wildman–Crippen LogP) is 2.90. The SMILES string of the molecule is N#Cc1nc(-c2ccco2)oc1N1CCN(C(=O)NCc2cccs2)CC1. The van der Waals surface area contributed by atoms with Gasteiger partial charge >= 0.3 is 6.03 Å². The Hall–Kier alpha value is -3.25. The fraction of sp³-hybridized carbons (Fsp3) is 0.278. The second-order valence-electron chi connectivity index (χ2n) is 5.97. The topological polar surface area (TPSA) is 98.5 Å². The van der Waals surface area contributed by atoms with Gasteiger partial charge in [0.2, 0.25) is 11.6 Å². The largest absolute Gasteiger partial charge is 0.459 e. The minimum Gasteiger partial charge on any atom is -0.459 e.